The molecular formula is C29H25N3O. The molecule has 1 heterocycles. The number of aromatic nitrogens is 2. The van der Waals surface area contributed by atoms with Crippen molar-refractivity contribution in [3.05, 3.63) is 113 Å². The van der Waals surface area contributed by atoms with E-state index >= 15 is 0 Å². The quantitative estimate of drug-likeness (QED) is 0.337. The van der Waals surface area contributed by atoms with Gasteiger partial charge in [0.05, 0.1) is 11.4 Å². The topological polar surface area (TPSA) is 46.9 Å². The zero-order chi connectivity index (χ0) is 22.9. The van der Waals surface area contributed by atoms with Crippen LogP contribution in [0.25, 0.3) is 27.7 Å². The van der Waals surface area contributed by atoms with Gasteiger partial charge in [0.2, 0.25) is 0 Å². The highest BCUT2D eigenvalue weighted by molar-refractivity contribution is 6.04. The molecule has 0 bridgehead atoms. The van der Waals surface area contributed by atoms with Gasteiger partial charge in [-0.2, -0.15) is 5.10 Å². The summed E-state index contributed by atoms with van der Waals surface area (Å²) in [7, 11) is 0. The number of nitrogens with one attached hydrogen (secondary N) is 1. The summed E-state index contributed by atoms with van der Waals surface area (Å²) in [6, 6.07) is 30.4. The van der Waals surface area contributed by atoms with Gasteiger partial charge in [-0.3, -0.25) is 4.79 Å². The number of anilines is 1. The molecule has 33 heavy (non-hydrogen) atoms. The van der Waals surface area contributed by atoms with Crippen molar-refractivity contribution in [2.24, 2.45) is 0 Å². The molecule has 162 valence electrons. The number of hydrogen-bond donors (Lipinski definition) is 1. The molecule has 0 saturated heterocycles. The van der Waals surface area contributed by atoms with Gasteiger partial charge in [-0.25, -0.2) is 4.68 Å². The molecule has 0 spiro atoms. The van der Waals surface area contributed by atoms with Gasteiger partial charge < -0.3 is 5.32 Å². The summed E-state index contributed by atoms with van der Waals surface area (Å²) in [5, 5.41) is 10.0. The Kier molecular flexibility index (Phi) is 5.27. The van der Waals surface area contributed by atoms with Crippen molar-refractivity contribution in [2.45, 2.75) is 20.8 Å². The van der Waals surface area contributed by atoms with Crippen LogP contribution in [-0.2, 0) is 0 Å². The number of carbonyl (C=O) groups is 1. The number of rotatable bonds is 4. The van der Waals surface area contributed by atoms with Crippen molar-refractivity contribution >= 4 is 22.4 Å². The molecule has 4 aromatic carbocycles. The monoisotopic (exact) mass is 431 g/mol. The van der Waals surface area contributed by atoms with Crippen LogP contribution >= 0.6 is 0 Å². The Morgan fingerprint density at radius 3 is 2.39 bits per heavy atom. The van der Waals surface area contributed by atoms with E-state index in [1.807, 2.05) is 66.2 Å². The summed E-state index contributed by atoms with van der Waals surface area (Å²) in [4.78, 5) is 13.2. The van der Waals surface area contributed by atoms with E-state index in [-0.39, 0.29) is 5.91 Å². The molecule has 0 aliphatic carbocycles. The van der Waals surface area contributed by atoms with Crippen LogP contribution in [-0.4, -0.2) is 15.7 Å². The Bertz CT molecular complexity index is 1490. The first kappa shape index (κ1) is 20.7. The van der Waals surface area contributed by atoms with Crippen molar-refractivity contribution in [3.8, 4) is 16.9 Å². The second-order valence-electron chi connectivity index (χ2n) is 8.45. The van der Waals surface area contributed by atoms with E-state index in [9.17, 15) is 4.79 Å². The van der Waals surface area contributed by atoms with Crippen LogP contribution in [0.2, 0.25) is 0 Å². The maximum Gasteiger partial charge on any atom is 0.276 e. The molecule has 0 aliphatic heterocycles. The average molecular weight is 432 g/mol. The summed E-state index contributed by atoms with van der Waals surface area (Å²) in [5.41, 5.74) is 7.42. The number of fused-ring (bicyclic) bond motifs is 1. The highest BCUT2D eigenvalue weighted by Gasteiger charge is 2.18. The third-order valence-electron chi connectivity index (χ3n) is 6.02. The fourth-order valence-electron chi connectivity index (χ4n) is 4.10. The lowest BCUT2D eigenvalue weighted by atomic mass is 10.0. The molecule has 5 rings (SSSR count). The van der Waals surface area contributed by atoms with Gasteiger partial charge in [-0.1, -0.05) is 60.7 Å². The van der Waals surface area contributed by atoms with E-state index in [1.54, 1.807) is 0 Å². The fourth-order valence-corrected chi connectivity index (χ4v) is 4.10. The Morgan fingerprint density at radius 1 is 0.788 bits per heavy atom. The normalized spacial score (nSPS) is 11.0. The van der Waals surface area contributed by atoms with Crippen molar-refractivity contribution in [2.75, 3.05) is 5.32 Å². The number of nitrogens with zero attached hydrogens (tertiary/aromatic N) is 2. The largest absolute Gasteiger partial charge is 0.321 e. The molecule has 0 unspecified atom stereocenters. The molecule has 5 aromatic rings. The summed E-state index contributed by atoms with van der Waals surface area (Å²) < 4.78 is 1.87. The van der Waals surface area contributed by atoms with Crippen LogP contribution in [0.4, 0.5) is 5.69 Å². The smallest absolute Gasteiger partial charge is 0.276 e. The standard InChI is InChI=1S/C29H25N3O/c1-19-8-6-11-24(16-19)32-28(26-13-7-10-22-9-4-5-12-25(22)26)18-27(31-32)29(33)30-23-15-14-20(2)21(3)17-23/h4-18H,1-3H3,(H,30,33). The third kappa shape index (κ3) is 4.03. The van der Waals surface area contributed by atoms with E-state index in [1.165, 1.54) is 5.56 Å². The van der Waals surface area contributed by atoms with Gasteiger partial charge in [-0.05, 0) is 78.6 Å². The lowest BCUT2D eigenvalue weighted by Gasteiger charge is -2.10. The van der Waals surface area contributed by atoms with E-state index < -0.39 is 0 Å². The van der Waals surface area contributed by atoms with Crippen LogP contribution < -0.4 is 5.32 Å². The predicted octanol–water partition coefficient (Wildman–Crippen LogP) is 6.87. The van der Waals surface area contributed by atoms with Gasteiger partial charge in [-0.15, -0.1) is 0 Å². The van der Waals surface area contributed by atoms with Crippen molar-refractivity contribution in [1.29, 1.82) is 0 Å². The Balaban J connectivity index is 1.63. The zero-order valence-electron chi connectivity index (χ0n) is 19.0. The molecule has 0 aliphatic rings. The average Bonchev–Trinajstić information content (AvgIpc) is 3.27. The van der Waals surface area contributed by atoms with Gasteiger partial charge in [0.15, 0.2) is 5.69 Å². The van der Waals surface area contributed by atoms with E-state index in [0.29, 0.717) is 5.69 Å². The Labute approximate surface area is 193 Å². The summed E-state index contributed by atoms with van der Waals surface area (Å²) in [6.45, 7) is 6.15. The molecule has 0 saturated carbocycles. The number of hydrogen-bond acceptors (Lipinski definition) is 2. The SMILES string of the molecule is Cc1cccc(-n2nc(C(=O)Nc3ccc(C)c(C)c3)cc2-c2cccc3ccccc23)c1. The predicted molar refractivity (Wildman–Crippen MR) is 135 cm³/mol. The van der Waals surface area contributed by atoms with Crippen LogP contribution in [0.3, 0.4) is 0 Å². The minimum atomic E-state index is -0.230. The van der Waals surface area contributed by atoms with E-state index in [4.69, 9.17) is 5.10 Å². The van der Waals surface area contributed by atoms with Gasteiger partial charge in [0.25, 0.3) is 5.91 Å². The Morgan fingerprint density at radius 2 is 1.58 bits per heavy atom. The maximum absolute atomic E-state index is 13.2. The van der Waals surface area contributed by atoms with Crippen molar-refractivity contribution in [1.82, 2.24) is 9.78 Å². The van der Waals surface area contributed by atoms with Gasteiger partial charge in [0, 0.05) is 11.3 Å². The molecule has 1 amide bonds. The van der Waals surface area contributed by atoms with E-state index in [0.717, 1.165) is 44.5 Å². The molecule has 4 nitrogen and oxygen atoms in total. The van der Waals surface area contributed by atoms with E-state index in [2.05, 4.69) is 55.6 Å². The maximum atomic E-state index is 13.2. The zero-order valence-corrected chi connectivity index (χ0v) is 19.0. The lowest BCUT2D eigenvalue weighted by molar-refractivity contribution is 0.102. The molecule has 4 heteroatoms. The molecule has 0 fully saturated rings. The number of benzene rings is 4. The number of aryl methyl sites for hydroxylation is 3. The first-order chi connectivity index (χ1) is 16.0. The van der Waals surface area contributed by atoms with Crippen LogP contribution in [0, 0.1) is 20.8 Å². The molecule has 1 N–H and O–H groups in total. The van der Waals surface area contributed by atoms with Gasteiger partial charge >= 0.3 is 0 Å². The lowest BCUT2D eigenvalue weighted by Crippen LogP contribution is -2.13. The van der Waals surface area contributed by atoms with Crippen molar-refractivity contribution < 1.29 is 4.79 Å². The van der Waals surface area contributed by atoms with Crippen LogP contribution in [0.5, 0.6) is 0 Å². The highest BCUT2D eigenvalue weighted by atomic mass is 16.1. The third-order valence-corrected chi connectivity index (χ3v) is 6.02. The molecule has 1 aromatic heterocycles. The minimum absolute atomic E-state index is 0.230. The number of amides is 1. The molecular weight excluding hydrogens is 406 g/mol. The number of carbonyl (C=O) groups excluding carboxylic acids is 1. The Hall–Kier alpha value is -4.18. The summed E-state index contributed by atoms with van der Waals surface area (Å²) >= 11 is 0. The highest BCUT2D eigenvalue weighted by Crippen LogP contribution is 2.31. The second kappa shape index (κ2) is 8.40. The summed E-state index contributed by atoms with van der Waals surface area (Å²) in [6.07, 6.45) is 0. The van der Waals surface area contributed by atoms with Gasteiger partial charge in [0.1, 0.15) is 0 Å². The molecule has 0 atom stereocenters. The van der Waals surface area contributed by atoms with Crippen LogP contribution in [0.15, 0.2) is 91.0 Å². The fraction of sp³-hybridized carbons (Fsp3) is 0.103. The minimum Gasteiger partial charge on any atom is -0.321 e. The van der Waals surface area contributed by atoms with Crippen molar-refractivity contribution in [3.63, 3.8) is 0 Å². The second-order valence-corrected chi connectivity index (χ2v) is 8.45. The summed E-state index contributed by atoms with van der Waals surface area (Å²) in [5.74, 6) is -0.230. The first-order valence-corrected chi connectivity index (χ1v) is 11.0. The molecule has 0 radical (unpaired) electrons. The first-order valence-electron chi connectivity index (χ1n) is 11.0. The van der Waals surface area contributed by atoms with Crippen LogP contribution in [0.1, 0.15) is 27.2 Å².